The zero-order valence-corrected chi connectivity index (χ0v) is 14.9. The average molecular weight is 351 g/mol. The maximum Gasteiger partial charge on any atom is 0.150 e. The molecule has 0 radical (unpaired) electrons. The van der Waals surface area contributed by atoms with Crippen molar-refractivity contribution in [3.8, 4) is 0 Å². The van der Waals surface area contributed by atoms with Gasteiger partial charge in [0.1, 0.15) is 16.6 Å². The monoisotopic (exact) mass is 351 g/mol. The van der Waals surface area contributed by atoms with Gasteiger partial charge in [-0.05, 0) is 32.4 Å². The van der Waals surface area contributed by atoms with Crippen LogP contribution < -0.4 is 10.2 Å². The van der Waals surface area contributed by atoms with E-state index in [1.165, 1.54) is 11.3 Å². The molecule has 2 aromatic rings. The van der Waals surface area contributed by atoms with Gasteiger partial charge >= 0.3 is 0 Å². The molecule has 0 unspecified atom stereocenters. The first-order valence-electron chi connectivity index (χ1n) is 7.13. The van der Waals surface area contributed by atoms with Gasteiger partial charge in [0.25, 0.3) is 0 Å². The van der Waals surface area contributed by atoms with Gasteiger partial charge in [-0.25, -0.2) is 0 Å². The fourth-order valence-electron chi connectivity index (χ4n) is 1.92. The van der Waals surface area contributed by atoms with Gasteiger partial charge in [0, 0.05) is 27.2 Å². The summed E-state index contributed by atoms with van der Waals surface area (Å²) in [7, 11) is 0. The van der Waals surface area contributed by atoms with Gasteiger partial charge in [-0.3, -0.25) is 16.1 Å². The molecule has 0 spiro atoms. The normalized spacial score (nSPS) is 14.3. The predicted octanol–water partition coefficient (Wildman–Crippen LogP) is 3.19. The van der Waals surface area contributed by atoms with E-state index >= 15 is 0 Å². The van der Waals surface area contributed by atoms with E-state index in [4.69, 9.17) is 10.6 Å². The molecule has 1 aromatic carbocycles. The Labute approximate surface area is 143 Å². The lowest BCUT2D eigenvalue weighted by atomic mass is 10.1. The van der Waals surface area contributed by atoms with Crippen LogP contribution >= 0.6 is 11.3 Å². The van der Waals surface area contributed by atoms with Crippen molar-refractivity contribution in [1.29, 1.82) is 5.41 Å². The number of hydrogen-bond acceptors (Lipinski definition) is 5. The topological polar surface area (TPSA) is 91.2 Å². The number of hydroxylamine groups is 1. The smallest absolute Gasteiger partial charge is 0.150 e. The van der Waals surface area contributed by atoms with Gasteiger partial charge in [0.15, 0.2) is 0 Å². The Bertz CT molecular complexity index is 653. The quantitative estimate of drug-likeness (QED) is 0.288. The number of benzene rings is 1. The average Bonchev–Trinajstić information content (AvgIpc) is 3.01. The van der Waals surface area contributed by atoms with Crippen molar-refractivity contribution in [2.24, 2.45) is 0 Å². The molecule has 1 heterocycles. The van der Waals surface area contributed by atoms with Crippen LogP contribution in [-0.2, 0) is 11.4 Å². The Hall–Kier alpha value is -1.38. The van der Waals surface area contributed by atoms with Crippen LogP contribution in [0, 0.1) is 5.41 Å². The third-order valence-corrected chi connectivity index (χ3v) is 5.78. The number of rotatable bonds is 5. The maximum atomic E-state index is 12.5. The fraction of sp³-hybridized carbons (Fsp3) is 0.312. The van der Waals surface area contributed by atoms with Crippen LogP contribution in [-0.4, -0.2) is 20.3 Å². The van der Waals surface area contributed by atoms with Gasteiger partial charge in [0.2, 0.25) is 0 Å². The largest absolute Gasteiger partial charge is 0.598 e. The van der Waals surface area contributed by atoms with Crippen molar-refractivity contribution in [2.45, 2.75) is 31.6 Å². The lowest BCUT2D eigenvalue weighted by Crippen LogP contribution is -2.41. The second-order valence-electron chi connectivity index (χ2n) is 6.07. The summed E-state index contributed by atoms with van der Waals surface area (Å²) in [6.45, 7) is 5.76. The van der Waals surface area contributed by atoms with E-state index in [0.717, 1.165) is 10.4 Å². The minimum Gasteiger partial charge on any atom is -0.598 e. The van der Waals surface area contributed by atoms with E-state index in [0.29, 0.717) is 5.56 Å². The Morgan fingerprint density at radius 2 is 1.96 bits per heavy atom. The minimum atomic E-state index is -1.23. The Morgan fingerprint density at radius 1 is 1.30 bits per heavy atom. The molecule has 5 nitrogen and oxygen atoms in total. The molecule has 0 saturated heterocycles. The Kier molecular flexibility index (Phi) is 5.83. The van der Waals surface area contributed by atoms with E-state index in [-0.39, 0.29) is 16.6 Å². The molecule has 124 valence electrons. The zero-order chi connectivity index (χ0) is 17.0. The van der Waals surface area contributed by atoms with Crippen LogP contribution in [0.5, 0.6) is 0 Å². The molecular formula is C16H21N3O2S2. The summed E-state index contributed by atoms with van der Waals surface area (Å²) in [5.41, 5.74) is 3.44. The molecule has 0 saturated carbocycles. The SMILES string of the molecule is CC(C)(C)[S@+]([O-])N[C@@H](c1ccccc1)c1cc(C(=N)NO)cs1. The first-order valence-corrected chi connectivity index (χ1v) is 9.16. The van der Waals surface area contributed by atoms with Gasteiger partial charge < -0.3 is 4.55 Å². The lowest BCUT2D eigenvalue weighted by molar-refractivity contribution is 0.234. The summed E-state index contributed by atoms with van der Waals surface area (Å²) in [4.78, 5) is 0.934. The third kappa shape index (κ3) is 4.55. The Balaban J connectivity index is 2.34. The van der Waals surface area contributed by atoms with Crippen LogP contribution in [0.1, 0.15) is 42.8 Å². The lowest BCUT2D eigenvalue weighted by Gasteiger charge is -2.27. The van der Waals surface area contributed by atoms with Crippen LogP contribution in [0.3, 0.4) is 0 Å². The van der Waals surface area contributed by atoms with Gasteiger partial charge in [-0.2, -0.15) is 0 Å². The predicted molar refractivity (Wildman–Crippen MR) is 95.4 cm³/mol. The first-order chi connectivity index (χ1) is 10.8. The molecule has 2 rings (SSSR count). The molecule has 2 atom stereocenters. The van der Waals surface area contributed by atoms with E-state index in [9.17, 15) is 4.55 Å². The fourth-order valence-corrected chi connectivity index (χ4v) is 3.80. The highest BCUT2D eigenvalue weighted by Crippen LogP contribution is 2.30. The molecule has 1 aromatic heterocycles. The number of amidine groups is 1. The molecule has 0 bridgehead atoms. The van der Waals surface area contributed by atoms with Crippen LogP contribution in [0.15, 0.2) is 41.8 Å². The van der Waals surface area contributed by atoms with E-state index in [1.54, 1.807) is 5.38 Å². The molecule has 7 heteroatoms. The summed E-state index contributed by atoms with van der Waals surface area (Å²) in [6, 6.07) is 11.4. The van der Waals surface area contributed by atoms with Crippen LogP contribution in [0.2, 0.25) is 0 Å². The summed E-state index contributed by atoms with van der Waals surface area (Å²) in [5, 5.41) is 18.3. The zero-order valence-electron chi connectivity index (χ0n) is 13.3. The van der Waals surface area contributed by atoms with E-state index in [1.807, 2.05) is 62.6 Å². The molecule has 4 N–H and O–H groups in total. The molecule has 0 fully saturated rings. The number of hydrogen-bond donors (Lipinski definition) is 4. The second-order valence-corrected chi connectivity index (χ2v) is 9.01. The second kappa shape index (κ2) is 7.46. The highest BCUT2D eigenvalue weighted by molar-refractivity contribution is 7.90. The summed E-state index contributed by atoms with van der Waals surface area (Å²) in [5.74, 6) is -0.0590. The van der Waals surface area contributed by atoms with E-state index in [2.05, 4.69) is 4.72 Å². The van der Waals surface area contributed by atoms with Crippen LogP contribution in [0.25, 0.3) is 0 Å². The molecule has 0 aliphatic heterocycles. The van der Waals surface area contributed by atoms with Gasteiger partial charge in [-0.1, -0.05) is 30.3 Å². The third-order valence-electron chi connectivity index (χ3n) is 3.22. The van der Waals surface area contributed by atoms with Gasteiger partial charge in [-0.15, -0.1) is 16.1 Å². The Morgan fingerprint density at radius 3 is 2.52 bits per heavy atom. The molecular weight excluding hydrogens is 330 g/mol. The first kappa shape index (κ1) is 18.0. The van der Waals surface area contributed by atoms with Crippen molar-refractivity contribution < 1.29 is 9.76 Å². The number of thiophene rings is 1. The highest BCUT2D eigenvalue weighted by atomic mass is 32.2. The molecule has 0 aliphatic rings. The van der Waals surface area contributed by atoms with Crippen molar-refractivity contribution in [2.75, 3.05) is 0 Å². The molecule has 0 aliphatic carbocycles. The summed E-state index contributed by atoms with van der Waals surface area (Å²) >= 11 is 0.226. The maximum absolute atomic E-state index is 12.5. The number of nitrogens with one attached hydrogen (secondary N) is 3. The summed E-state index contributed by atoms with van der Waals surface area (Å²) < 4.78 is 15.3. The van der Waals surface area contributed by atoms with Gasteiger partial charge in [0.05, 0.1) is 0 Å². The van der Waals surface area contributed by atoms with E-state index < -0.39 is 11.4 Å². The van der Waals surface area contributed by atoms with Crippen molar-refractivity contribution in [3.63, 3.8) is 0 Å². The standard InChI is InChI=1S/C16H21N3O2S2/c1-16(2,3)23(21)19-14(11-7-5-4-6-8-11)13-9-12(10-22-13)15(17)18-20/h4-10,14,19-20H,1-3H3,(H2,17,18)/t14-,23-/m0/s1. The van der Waals surface area contributed by atoms with Crippen molar-refractivity contribution in [1.82, 2.24) is 10.2 Å². The minimum absolute atomic E-state index is 0.0590. The molecule has 23 heavy (non-hydrogen) atoms. The van der Waals surface area contributed by atoms with Crippen molar-refractivity contribution in [3.05, 3.63) is 57.8 Å². The van der Waals surface area contributed by atoms with Crippen molar-refractivity contribution >= 4 is 28.5 Å². The highest BCUT2D eigenvalue weighted by Gasteiger charge is 2.31. The van der Waals surface area contributed by atoms with Crippen LogP contribution in [0.4, 0.5) is 0 Å². The molecule has 0 amide bonds. The summed E-state index contributed by atoms with van der Waals surface area (Å²) in [6.07, 6.45) is 0.